The standard InChI is InChI=1S/C18H19N3O5/c1-3-25-18-10-14(11-19-20-13(2)22)7-8-17(18)26-12-15-5-4-6-16(9-15)21(23)24/h4-11H,3,12H2,1-2H3,(H,20,22)/b19-11-. The van der Waals surface area contributed by atoms with Gasteiger partial charge in [-0.25, -0.2) is 5.43 Å². The molecule has 136 valence electrons. The highest BCUT2D eigenvalue weighted by atomic mass is 16.6. The monoisotopic (exact) mass is 357 g/mol. The summed E-state index contributed by atoms with van der Waals surface area (Å²) in [5.41, 5.74) is 3.74. The Morgan fingerprint density at radius 1 is 1.23 bits per heavy atom. The van der Waals surface area contributed by atoms with Crippen LogP contribution in [0.25, 0.3) is 0 Å². The maximum atomic E-state index is 10.8. The van der Waals surface area contributed by atoms with E-state index >= 15 is 0 Å². The second-order valence-corrected chi connectivity index (χ2v) is 5.28. The lowest BCUT2D eigenvalue weighted by Crippen LogP contribution is -2.12. The van der Waals surface area contributed by atoms with Crippen molar-refractivity contribution in [2.45, 2.75) is 20.5 Å². The van der Waals surface area contributed by atoms with E-state index in [9.17, 15) is 14.9 Å². The lowest BCUT2D eigenvalue weighted by molar-refractivity contribution is -0.384. The molecule has 0 aliphatic rings. The number of nitro groups is 1. The molecule has 1 amide bonds. The number of benzene rings is 2. The van der Waals surface area contributed by atoms with Gasteiger partial charge < -0.3 is 9.47 Å². The Kier molecular flexibility index (Phi) is 6.67. The van der Waals surface area contributed by atoms with E-state index in [1.165, 1.54) is 25.3 Å². The van der Waals surface area contributed by atoms with Crippen molar-refractivity contribution in [2.75, 3.05) is 6.61 Å². The van der Waals surface area contributed by atoms with Gasteiger partial charge in [-0.1, -0.05) is 12.1 Å². The first kappa shape index (κ1) is 18.9. The van der Waals surface area contributed by atoms with E-state index in [0.717, 1.165) is 5.56 Å². The Morgan fingerprint density at radius 2 is 2.04 bits per heavy atom. The Balaban J connectivity index is 2.12. The number of hydrogen-bond donors (Lipinski definition) is 1. The second-order valence-electron chi connectivity index (χ2n) is 5.28. The topological polar surface area (TPSA) is 103 Å². The van der Waals surface area contributed by atoms with Gasteiger partial charge in [0.1, 0.15) is 6.61 Å². The van der Waals surface area contributed by atoms with Crippen LogP contribution < -0.4 is 14.9 Å². The SMILES string of the molecule is CCOc1cc(/C=N\NC(C)=O)ccc1OCc1cccc([N+](=O)[O-])c1. The van der Waals surface area contributed by atoms with E-state index in [4.69, 9.17) is 9.47 Å². The zero-order valence-corrected chi connectivity index (χ0v) is 14.5. The molecule has 0 atom stereocenters. The van der Waals surface area contributed by atoms with Crippen LogP contribution >= 0.6 is 0 Å². The third kappa shape index (κ3) is 5.59. The van der Waals surface area contributed by atoms with Crippen LogP contribution in [0.5, 0.6) is 11.5 Å². The molecule has 0 saturated heterocycles. The van der Waals surface area contributed by atoms with Crippen molar-refractivity contribution in [3.8, 4) is 11.5 Å². The summed E-state index contributed by atoms with van der Waals surface area (Å²) in [5.74, 6) is 0.767. The van der Waals surface area contributed by atoms with Crippen molar-refractivity contribution >= 4 is 17.8 Å². The van der Waals surface area contributed by atoms with Gasteiger partial charge in [-0.2, -0.15) is 5.10 Å². The molecule has 1 N–H and O–H groups in total. The Hall–Kier alpha value is -3.42. The molecule has 0 aromatic heterocycles. The minimum atomic E-state index is -0.446. The summed E-state index contributed by atoms with van der Waals surface area (Å²) in [6.07, 6.45) is 1.49. The highest BCUT2D eigenvalue weighted by molar-refractivity contribution is 5.82. The van der Waals surface area contributed by atoms with Gasteiger partial charge in [-0.05, 0) is 36.2 Å². The number of carbonyl (C=O) groups is 1. The fourth-order valence-electron chi connectivity index (χ4n) is 2.11. The quantitative estimate of drug-likeness (QED) is 0.444. The van der Waals surface area contributed by atoms with Crippen LogP contribution in [0, 0.1) is 10.1 Å². The van der Waals surface area contributed by atoms with Crippen LogP contribution in [0.1, 0.15) is 25.0 Å². The normalized spacial score (nSPS) is 10.5. The lowest BCUT2D eigenvalue weighted by atomic mass is 10.2. The second kappa shape index (κ2) is 9.16. The molecule has 0 radical (unpaired) electrons. The number of hydrogen-bond acceptors (Lipinski definition) is 6. The molecule has 8 nitrogen and oxygen atoms in total. The third-order valence-electron chi connectivity index (χ3n) is 3.22. The first-order chi connectivity index (χ1) is 12.5. The summed E-state index contributed by atoms with van der Waals surface area (Å²) in [7, 11) is 0. The maximum absolute atomic E-state index is 10.8. The maximum Gasteiger partial charge on any atom is 0.269 e. The number of carbonyl (C=O) groups excluding carboxylic acids is 1. The van der Waals surface area contributed by atoms with Crippen molar-refractivity contribution in [2.24, 2.45) is 5.10 Å². The van der Waals surface area contributed by atoms with E-state index in [2.05, 4.69) is 10.5 Å². The predicted octanol–water partition coefficient (Wildman–Crippen LogP) is 3.04. The summed E-state index contributed by atoms with van der Waals surface area (Å²) in [6.45, 7) is 3.83. The zero-order valence-electron chi connectivity index (χ0n) is 14.5. The fraction of sp³-hybridized carbons (Fsp3) is 0.222. The lowest BCUT2D eigenvalue weighted by Gasteiger charge is -2.12. The molecule has 0 unspecified atom stereocenters. The Morgan fingerprint density at radius 3 is 2.73 bits per heavy atom. The van der Waals surface area contributed by atoms with Gasteiger partial charge in [0.15, 0.2) is 11.5 Å². The van der Waals surface area contributed by atoms with Crippen LogP contribution in [-0.4, -0.2) is 23.7 Å². The van der Waals surface area contributed by atoms with Crippen molar-refractivity contribution in [3.05, 3.63) is 63.7 Å². The third-order valence-corrected chi connectivity index (χ3v) is 3.22. The minimum Gasteiger partial charge on any atom is -0.490 e. The summed E-state index contributed by atoms with van der Waals surface area (Å²) in [5, 5.41) is 14.6. The van der Waals surface area contributed by atoms with E-state index in [1.807, 2.05) is 6.92 Å². The molecule has 0 bridgehead atoms. The van der Waals surface area contributed by atoms with Gasteiger partial charge in [0.05, 0.1) is 17.7 Å². The number of amides is 1. The van der Waals surface area contributed by atoms with Gasteiger partial charge in [-0.15, -0.1) is 0 Å². The summed E-state index contributed by atoms with van der Waals surface area (Å²) < 4.78 is 11.3. The van der Waals surface area contributed by atoms with Crippen LogP contribution in [0.15, 0.2) is 47.6 Å². The van der Waals surface area contributed by atoms with Crippen LogP contribution in [0.2, 0.25) is 0 Å². The molecule has 8 heteroatoms. The van der Waals surface area contributed by atoms with Crippen LogP contribution in [0.4, 0.5) is 5.69 Å². The van der Waals surface area contributed by atoms with Gasteiger partial charge in [0.25, 0.3) is 5.69 Å². The van der Waals surface area contributed by atoms with Crippen molar-refractivity contribution in [1.29, 1.82) is 0 Å². The number of nitro benzene ring substituents is 1. The fourth-order valence-corrected chi connectivity index (χ4v) is 2.11. The number of rotatable bonds is 8. The van der Waals surface area contributed by atoms with E-state index < -0.39 is 4.92 Å². The zero-order chi connectivity index (χ0) is 18.9. The largest absolute Gasteiger partial charge is 0.490 e. The minimum absolute atomic E-state index is 0.0145. The summed E-state index contributed by atoms with van der Waals surface area (Å²) in [4.78, 5) is 21.2. The number of ether oxygens (including phenoxy) is 2. The van der Waals surface area contributed by atoms with Crippen molar-refractivity contribution < 1.29 is 19.2 Å². The number of non-ortho nitro benzene ring substituents is 1. The Labute approximate surface area is 150 Å². The van der Waals surface area contributed by atoms with Crippen LogP contribution in [-0.2, 0) is 11.4 Å². The smallest absolute Gasteiger partial charge is 0.269 e. The van der Waals surface area contributed by atoms with Crippen molar-refractivity contribution in [3.63, 3.8) is 0 Å². The van der Waals surface area contributed by atoms with E-state index in [-0.39, 0.29) is 18.2 Å². The highest BCUT2D eigenvalue weighted by Gasteiger charge is 2.09. The van der Waals surface area contributed by atoms with Crippen LogP contribution in [0.3, 0.4) is 0 Å². The summed E-state index contributed by atoms with van der Waals surface area (Å²) in [6, 6.07) is 11.5. The number of hydrazone groups is 1. The Bertz CT molecular complexity index is 820. The van der Waals surface area contributed by atoms with E-state index in [1.54, 1.807) is 30.3 Å². The predicted molar refractivity (Wildman–Crippen MR) is 96.5 cm³/mol. The molecule has 26 heavy (non-hydrogen) atoms. The van der Waals surface area contributed by atoms with Crippen molar-refractivity contribution in [1.82, 2.24) is 5.43 Å². The molecule has 2 aromatic rings. The highest BCUT2D eigenvalue weighted by Crippen LogP contribution is 2.29. The first-order valence-corrected chi connectivity index (χ1v) is 7.92. The van der Waals surface area contributed by atoms with Gasteiger partial charge in [0, 0.05) is 19.1 Å². The molecule has 2 rings (SSSR count). The summed E-state index contributed by atoms with van der Waals surface area (Å²) >= 11 is 0. The molecule has 2 aromatic carbocycles. The average molecular weight is 357 g/mol. The molecule has 0 spiro atoms. The van der Waals surface area contributed by atoms with Gasteiger partial charge in [-0.3, -0.25) is 14.9 Å². The molecular formula is C18H19N3O5. The molecule has 0 aliphatic carbocycles. The molecule has 0 fully saturated rings. The molecule has 0 aliphatic heterocycles. The number of nitrogens with one attached hydrogen (secondary N) is 1. The average Bonchev–Trinajstić information content (AvgIpc) is 2.61. The molecular weight excluding hydrogens is 338 g/mol. The van der Waals surface area contributed by atoms with E-state index in [0.29, 0.717) is 23.7 Å². The molecule has 0 saturated carbocycles. The first-order valence-electron chi connectivity index (χ1n) is 7.92. The molecule has 0 heterocycles. The number of nitrogens with zero attached hydrogens (tertiary/aromatic N) is 2. The van der Waals surface area contributed by atoms with Gasteiger partial charge in [0.2, 0.25) is 5.91 Å². The van der Waals surface area contributed by atoms with Gasteiger partial charge >= 0.3 is 0 Å².